The number of carbonyl (C=O) groups is 1. The highest BCUT2D eigenvalue weighted by Gasteiger charge is 2.28. The quantitative estimate of drug-likeness (QED) is 0.238. The van der Waals surface area contributed by atoms with Crippen LogP contribution in [0.4, 0.5) is 15.9 Å². The fraction of sp³-hybridized carbons (Fsp3) is 0.156. The van der Waals surface area contributed by atoms with E-state index >= 15 is 4.39 Å². The molecule has 0 saturated heterocycles. The zero-order valence-corrected chi connectivity index (χ0v) is 23.1. The Morgan fingerprint density at radius 3 is 2.57 bits per heavy atom. The minimum Gasteiger partial charge on any atom is -0.457 e. The van der Waals surface area contributed by atoms with Crippen LogP contribution < -0.4 is 21.3 Å². The lowest BCUT2D eigenvalue weighted by Gasteiger charge is -2.23. The second kappa shape index (κ2) is 11.0. The number of rotatable bonds is 7. The van der Waals surface area contributed by atoms with Crippen molar-refractivity contribution in [3.8, 4) is 28.3 Å². The maximum absolute atomic E-state index is 15.0. The summed E-state index contributed by atoms with van der Waals surface area (Å²) in [4.78, 5) is 30.6. The Labute approximate surface area is 241 Å². The van der Waals surface area contributed by atoms with Crippen molar-refractivity contribution in [2.24, 2.45) is 0 Å². The summed E-state index contributed by atoms with van der Waals surface area (Å²) in [6, 6.07) is 19.6. The number of fused-ring (bicyclic) bond motifs is 5. The molecule has 9 nitrogen and oxygen atoms in total. The molecule has 0 saturated carbocycles. The molecule has 1 aliphatic carbocycles. The van der Waals surface area contributed by atoms with Crippen molar-refractivity contribution in [3.05, 3.63) is 106 Å². The number of benzene rings is 3. The topological polar surface area (TPSA) is 118 Å². The molecule has 0 unspecified atom stereocenters. The van der Waals surface area contributed by atoms with Gasteiger partial charge in [-0.05, 0) is 80.5 Å². The Balaban J connectivity index is 1.40. The zero-order chi connectivity index (χ0) is 29.4. The van der Waals surface area contributed by atoms with Crippen LogP contribution in [0.5, 0.6) is 11.5 Å². The summed E-state index contributed by atoms with van der Waals surface area (Å²) < 4.78 is 22.5. The van der Waals surface area contributed by atoms with Gasteiger partial charge in [0.25, 0.3) is 5.56 Å². The van der Waals surface area contributed by atoms with Gasteiger partial charge >= 0.3 is 0 Å². The predicted octanol–water partition coefficient (Wildman–Crippen LogP) is 5.05. The van der Waals surface area contributed by atoms with Crippen LogP contribution in [0.15, 0.2) is 83.7 Å². The number of hydrogen-bond donors (Lipinski definition) is 3. The highest BCUT2D eigenvalue weighted by Crippen LogP contribution is 2.41. The molecule has 6 rings (SSSR count). The lowest BCUT2D eigenvalue weighted by Crippen LogP contribution is -2.19. The highest BCUT2D eigenvalue weighted by atomic mass is 19.1. The Bertz CT molecular complexity index is 1890. The molecule has 0 bridgehead atoms. The molecular formula is C32H29FN6O3. The number of aromatic nitrogens is 3. The van der Waals surface area contributed by atoms with E-state index in [0.717, 1.165) is 0 Å². The number of ether oxygens (including phenoxy) is 1. The number of nitrogen functional groups attached to an aromatic ring is 1. The average Bonchev–Trinajstić information content (AvgIpc) is 3.32. The van der Waals surface area contributed by atoms with Gasteiger partial charge in [-0.2, -0.15) is 5.10 Å². The van der Waals surface area contributed by atoms with Crippen LogP contribution >= 0.6 is 0 Å². The fourth-order valence-corrected chi connectivity index (χ4v) is 5.22. The van der Waals surface area contributed by atoms with Crippen LogP contribution in [0, 0.1) is 5.82 Å². The number of halogens is 1. The van der Waals surface area contributed by atoms with Crippen molar-refractivity contribution in [3.63, 3.8) is 0 Å². The van der Waals surface area contributed by atoms with Crippen molar-refractivity contribution in [2.45, 2.75) is 12.8 Å². The third-order valence-electron chi connectivity index (χ3n) is 7.16. The number of para-hydroxylation sites is 1. The molecule has 0 atom stereocenters. The van der Waals surface area contributed by atoms with Crippen LogP contribution in [-0.2, 0) is 17.6 Å². The minimum absolute atomic E-state index is 0.124. The first-order valence-corrected chi connectivity index (χ1v) is 13.5. The number of aryl methyl sites for hydroxylation is 1. The van der Waals surface area contributed by atoms with Crippen LogP contribution in [0.3, 0.4) is 0 Å². The summed E-state index contributed by atoms with van der Waals surface area (Å²) in [5.41, 5.74) is 10.00. The Morgan fingerprint density at radius 2 is 1.83 bits per heavy atom. The van der Waals surface area contributed by atoms with Gasteiger partial charge in [-0.3, -0.25) is 9.59 Å². The largest absolute Gasteiger partial charge is 0.457 e. The highest BCUT2D eigenvalue weighted by molar-refractivity contribution is 6.04. The van der Waals surface area contributed by atoms with E-state index in [1.165, 1.54) is 16.8 Å². The normalized spacial score (nSPS) is 12.5. The van der Waals surface area contributed by atoms with Crippen LogP contribution in [0.25, 0.3) is 27.7 Å². The third-order valence-corrected chi connectivity index (χ3v) is 7.16. The van der Waals surface area contributed by atoms with Gasteiger partial charge in [0.05, 0.1) is 11.4 Å². The number of pyridine rings is 1. The molecule has 4 N–H and O–H groups in total. The number of amides is 1. The third kappa shape index (κ3) is 5.04. The van der Waals surface area contributed by atoms with E-state index in [9.17, 15) is 9.59 Å². The Hall–Kier alpha value is -5.22. The number of nitrogens with zero attached hydrogens (tertiary/aromatic N) is 3. The Kier molecular flexibility index (Phi) is 7.05. The lowest BCUT2D eigenvalue weighted by atomic mass is 9.86. The number of hydrogen-bond acceptors (Lipinski definition) is 6. The molecule has 2 aromatic heterocycles. The summed E-state index contributed by atoms with van der Waals surface area (Å²) in [5, 5.41) is 7.73. The van der Waals surface area contributed by atoms with Crippen molar-refractivity contribution < 1.29 is 13.9 Å². The smallest absolute Gasteiger partial charge is 0.261 e. The number of aromatic amines is 1. The van der Waals surface area contributed by atoms with Gasteiger partial charge in [-0.15, -0.1) is 0 Å². The second-order valence-corrected chi connectivity index (χ2v) is 10.3. The first-order chi connectivity index (χ1) is 20.3. The van der Waals surface area contributed by atoms with Crippen LogP contribution in [-0.4, -0.2) is 46.2 Å². The molecule has 10 heteroatoms. The van der Waals surface area contributed by atoms with Gasteiger partial charge in [-0.25, -0.2) is 9.07 Å². The van der Waals surface area contributed by atoms with Crippen molar-refractivity contribution in [2.75, 3.05) is 31.7 Å². The summed E-state index contributed by atoms with van der Waals surface area (Å²) in [5.74, 6) is 0.574. The van der Waals surface area contributed by atoms with Gasteiger partial charge in [-0.1, -0.05) is 30.3 Å². The number of nitrogens with one attached hydrogen (secondary N) is 2. The van der Waals surface area contributed by atoms with E-state index < -0.39 is 11.7 Å². The molecular weight excluding hydrogens is 535 g/mol. The number of anilines is 2. The molecule has 42 heavy (non-hydrogen) atoms. The monoisotopic (exact) mass is 564 g/mol. The average molecular weight is 565 g/mol. The predicted molar refractivity (Wildman–Crippen MR) is 162 cm³/mol. The number of likely N-dealkylation sites (N-methyl/N-ethyl adjacent to an activating group) is 1. The molecule has 1 aliphatic rings. The Morgan fingerprint density at radius 1 is 1.10 bits per heavy atom. The van der Waals surface area contributed by atoms with Crippen molar-refractivity contribution >= 4 is 28.3 Å². The molecule has 5 aromatic rings. The molecule has 2 heterocycles. The number of carbonyl (C=O) groups excluding carboxylic acids is 1. The SMILES string of the molecule is CN(C)CC=CC(=O)Nc1c(F)ccc2c1CCc1[nH]c(=O)c3c(N)n(-c4ccc(Oc5ccccc5)cc4)nc3c1-2. The van der Waals surface area contributed by atoms with Crippen LogP contribution in [0.1, 0.15) is 11.3 Å². The molecule has 212 valence electrons. The zero-order valence-electron chi connectivity index (χ0n) is 23.1. The summed E-state index contributed by atoms with van der Waals surface area (Å²) >= 11 is 0. The van der Waals surface area contributed by atoms with E-state index in [-0.39, 0.29) is 22.5 Å². The molecule has 0 fully saturated rings. The summed E-state index contributed by atoms with van der Waals surface area (Å²) in [6.45, 7) is 0.578. The van der Waals surface area contributed by atoms with Crippen molar-refractivity contribution in [1.29, 1.82) is 0 Å². The van der Waals surface area contributed by atoms with Gasteiger partial charge in [0.15, 0.2) is 0 Å². The second-order valence-electron chi connectivity index (χ2n) is 10.3. The van der Waals surface area contributed by atoms with Crippen LogP contribution in [0.2, 0.25) is 0 Å². The fourth-order valence-electron chi connectivity index (χ4n) is 5.22. The van der Waals surface area contributed by atoms with E-state index in [1.54, 1.807) is 24.3 Å². The summed E-state index contributed by atoms with van der Waals surface area (Å²) in [7, 11) is 3.78. The van der Waals surface area contributed by atoms with Crippen molar-refractivity contribution in [1.82, 2.24) is 19.7 Å². The molecule has 0 spiro atoms. The summed E-state index contributed by atoms with van der Waals surface area (Å²) in [6.07, 6.45) is 3.97. The molecule has 3 aromatic carbocycles. The standard InChI is InChI=1S/C32H29FN6O3/c1-38(2)18-6-9-26(40)36-29-23-15-17-25-27(22(23)14-16-24(29)33)30-28(32(41)35-25)31(34)39(37-30)19-10-12-21(13-11-19)42-20-7-4-3-5-8-20/h3-14,16H,15,17-18,34H2,1-2H3,(H,35,41)(H,36,40). The molecule has 0 aliphatic heterocycles. The number of H-pyrrole nitrogens is 1. The van der Waals surface area contributed by atoms with Gasteiger partial charge in [0.1, 0.15) is 34.0 Å². The maximum Gasteiger partial charge on any atom is 0.261 e. The first kappa shape index (κ1) is 27.0. The maximum atomic E-state index is 15.0. The number of nitrogens with two attached hydrogens (primary N) is 1. The van der Waals surface area contributed by atoms with Gasteiger partial charge in [0.2, 0.25) is 5.91 Å². The molecule has 0 radical (unpaired) electrons. The van der Waals surface area contributed by atoms with E-state index in [0.29, 0.717) is 64.5 Å². The van der Waals surface area contributed by atoms with Gasteiger partial charge in [0, 0.05) is 23.9 Å². The van der Waals surface area contributed by atoms with Gasteiger partial charge < -0.3 is 25.7 Å². The lowest BCUT2D eigenvalue weighted by molar-refractivity contribution is -0.111. The van der Waals surface area contributed by atoms with E-state index in [2.05, 4.69) is 10.3 Å². The molecule has 1 amide bonds. The van der Waals surface area contributed by atoms with E-state index in [4.69, 9.17) is 15.6 Å². The van der Waals surface area contributed by atoms with E-state index in [1.807, 2.05) is 61.5 Å². The minimum atomic E-state index is -0.532. The first-order valence-electron chi connectivity index (χ1n) is 13.5.